The van der Waals surface area contributed by atoms with Gasteiger partial charge in [0.15, 0.2) is 6.29 Å². The molecule has 2 fully saturated rings. The van der Waals surface area contributed by atoms with Crippen LogP contribution in [0.25, 0.3) is 0 Å². The van der Waals surface area contributed by atoms with Crippen molar-refractivity contribution in [2.24, 2.45) is 0 Å². The maximum absolute atomic E-state index is 12.2. The van der Waals surface area contributed by atoms with Crippen molar-refractivity contribution >= 4 is 5.91 Å². The highest BCUT2D eigenvalue weighted by molar-refractivity contribution is 5.73. The van der Waals surface area contributed by atoms with Crippen LogP contribution in [0.5, 0.6) is 11.5 Å². The van der Waals surface area contributed by atoms with E-state index in [2.05, 4.69) is 5.32 Å². The molecule has 0 radical (unpaired) electrons. The van der Waals surface area contributed by atoms with E-state index < -0.39 is 73.9 Å². The molecule has 2 aliphatic rings. The predicted molar refractivity (Wildman–Crippen MR) is 199 cm³/mol. The zero-order valence-corrected chi connectivity index (χ0v) is 30.8. The number of hydrogen-bond acceptors (Lipinski definition) is 12. The van der Waals surface area contributed by atoms with Crippen molar-refractivity contribution in [1.82, 2.24) is 5.32 Å². The molecule has 13 nitrogen and oxygen atoms in total. The van der Waals surface area contributed by atoms with Crippen LogP contribution >= 0.6 is 0 Å². The number of carbonyl (C=O) groups is 1. The van der Waals surface area contributed by atoms with Gasteiger partial charge in [0.1, 0.15) is 60.3 Å². The quantitative estimate of drug-likeness (QED) is 0.124. The molecule has 1 amide bonds. The van der Waals surface area contributed by atoms with Gasteiger partial charge in [-0.05, 0) is 41.0 Å². The van der Waals surface area contributed by atoms with Gasteiger partial charge in [-0.2, -0.15) is 0 Å². The van der Waals surface area contributed by atoms with Crippen LogP contribution in [0, 0.1) is 0 Å². The topological polar surface area (TPSA) is 164 Å². The maximum Gasteiger partial charge on any atom is 0.229 e. The van der Waals surface area contributed by atoms with E-state index in [-0.39, 0.29) is 26.4 Å². The average molecular weight is 760 g/mol. The van der Waals surface area contributed by atoms with Crippen molar-refractivity contribution in [3.8, 4) is 11.5 Å². The van der Waals surface area contributed by atoms with Crippen molar-refractivity contribution in [3.63, 3.8) is 0 Å². The second-order valence-corrected chi connectivity index (χ2v) is 13.4. The SMILES string of the molecule is COc1ccc(O[C@@H]2O[C@H](CO[C@@H]3O[C@H](CO)[C@H](O)[C@H](O)[C@H]3NC(C)=O)[C@@H](OCc3ccccc3)[C@H](OCc3ccccc3)[C@H]2OCc2ccccc2)cc1. The molecular formula is C42H49NO12. The van der Waals surface area contributed by atoms with E-state index in [0.29, 0.717) is 11.5 Å². The van der Waals surface area contributed by atoms with Gasteiger partial charge in [-0.1, -0.05) is 91.0 Å². The molecule has 55 heavy (non-hydrogen) atoms. The van der Waals surface area contributed by atoms with Crippen molar-refractivity contribution in [2.75, 3.05) is 20.3 Å². The van der Waals surface area contributed by atoms with Crippen LogP contribution in [0.15, 0.2) is 115 Å². The minimum absolute atomic E-state index is 0.192. The Bertz CT molecular complexity index is 1720. The fourth-order valence-corrected chi connectivity index (χ4v) is 6.57. The van der Waals surface area contributed by atoms with Crippen LogP contribution in [-0.4, -0.2) is 103 Å². The molecule has 0 spiro atoms. The number of aliphatic hydroxyl groups excluding tert-OH is 3. The van der Waals surface area contributed by atoms with Crippen LogP contribution in [0.1, 0.15) is 23.6 Å². The van der Waals surface area contributed by atoms with E-state index in [0.717, 1.165) is 16.7 Å². The minimum atomic E-state index is -1.50. The van der Waals surface area contributed by atoms with Gasteiger partial charge in [-0.15, -0.1) is 0 Å². The second-order valence-electron chi connectivity index (χ2n) is 13.4. The Labute approximate surface area is 320 Å². The van der Waals surface area contributed by atoms with Crippen molar-refractivity contribution in [1.29, 1.82) is 0 Å². The lowest BCUT2D eigenvalue weighted by Crippen LogP contribution is -2.66. The Kier molecular flexibility index (Phi) is 14.6. The maximum atomic E-state index is 12.2. The Morgan fingerprint density at radius 2 is 1.11 bits per heavy atom. The number of aliphatic hydroxyl groups is 3. The molecule has 294 valence electrons. The molecule has 0 bridgehead atoms. The lowest BCUT2D eigenvalue weighted by Gasteiger charge is -2.47. The summed E-state index contributed by atoms with van der Waals surface area (Å²) < 4.78 is 50.9. The third-order valence-electron chi connectivity index (χ3n) is 9.43. The van der Waals surface area contributed by atoms with Gasteiger partial charge < -0.3 is 58.5 Å². The van der Waals surface area contributed by atoms with Gasteiger partial charge in [0.25, 0.3) is 0 Å². The van der Waals surface area contributed by atoms with E-state index >= 15 is 0 Å². The Balaban J connectivity index is 1.35. The van der Waals surface area contributed by atoms with Crippen LogP contribution in [0.4, 0.5) is 0 Å². The number of hydrogen-bond donors (Lipinski definition) is 4. The first-order chi connectivity index (χ1) is 26.8. The summed E-state index contributed by atoms with van der Waals surface area (Å²) in [7, 11) is 1.58. The first-order valence-electron chi connectivity index (χ1n) is 18.3. The number of amides is 1. The predicted octanol–water partition coefficient (Wildman–Crippen LogP) is 3.52. The first kappa shape index (κ1) is 40.3. The molecule has 2 aliphatic heterocycles. The van der Waals surface area contributed by atoms with E-state index in [1.165, 1.54) is 6.92 Å². The number of rotatable bonds is 17. The smallest absolute Gasteiger partial charge is 0.229 e. The van der Waals surface area contributed by atoms with Gasteiger partial charge in [0.05, 0.1) is 40.1 Å². The Morgan fingerprint density at radius 3 is 1.62 bits per heavy atom. The third-order valence-corrected chi connectivity index (χ3v) is 9.43. The molecule has 0 aliphatic carbocycles. The highest BCUT2D eigenvalue weighted by Crippen LogP contribution is 2.34. The summed E-state index contributed by atoms with van der Waals surface area (Å²) >= 11 is 0. The van der Waals surface area contributed by atoms with E-state index in [9.17, 15) is 20.1 Å². The normalized spacial score (nSPS) is 27.9. The second kappa shape index (κ2) is 20.0. The van der Waals surface area contributed by atoms with Crippen LogP contribution in [-0.2, 0) is 53.0 Å². The summed E-state index contributed by atoms with van der Waals surface area (Å²) in [5.41, 5.74) is 2.76. The summed E-state index contributed by atoms with van der Waals surface area (Å²) in [4.78, 5) is 12.2. The number of methoxy groups -OCH3 is 1. The molecule has 6 rings (SSSR count). The van der Waals surface area contributed by atoms with Gasteiger partial charge in [-0.3, -0.25) is 4.79 Å². The summed E-state index contributed by atoms with van der Waals surface area (Å²) in [6.07, 6.45) is -9.85. The average Bonchev–Trinajstić information content (AvgIpc) is 3.21. The number of benzene rings is 4. The van der Waals surface area contributed by atoms with Crippen LogP contribution < -0.4 is 14.8 Å². The summed E-state index contributed by atoms with van der Waals surface area (Å²) in [6, 6.07) is 35.0. The molecule has 0 saturated carbocycles. The summed E-state index contributed by atoms with van der Waals surface area (Å²) in [5, 5.41) is 34.1. The number of ether oxygens (including phenoxy) is 8. The van der Waals surface area contributed by atoms with Gasteiger partial charge in [-0.25, -0.2) is 0 Å². The van der Waals surface area contributed by atoms with Crippen molar-refractivity contribution in [2.45, 2.75) is 88.1 Å². The molecule has 4 N–H and O–H groups in total. The summed E-state index contributed by atoms with van der Waals surface area (Å²) in [5.74, 6) is 0.649. The zero-order valence-electron chi connectivity index (χ0n) is 30.8. The number of carbonyl (C=O) groups excluding carboxylic acids is 1. The standard InChI is InChI=1S/C42H49NO12/c1-27(45)43-35-37(47)36(46)33(22-44)54-41(35)52-26-34-38(49-23-28-12-6-3-7-13-28)39(50-24-29-14-8-4-9-15-29)40(51-25-30-16-10-5-11-17-30)42(55-34)53-32-20-18-31(48-2)19-21-32/h3-21,33-42,44,46-47H,22-26H2,1-2H3,(H,43,45)/t33-,34-,35-,36+,37-,38-,39+,40-,41-,42-/m1/s1. The van der Waals surface area contributed by atoms with E-state index in [1.54, 1.807) is 31.4 Å². The molecule has 0 unspecified atom stereocenters. The molecule has 4 aromatic carbocycles. The van der Waals surface area contributed by atoms with E-state index in [4.69, 9.17) is 37.9 Å². The largest absolute Gasteiger partial charge is 0.497 e. The van der Waals surface area contributed by atoms with Crippen molar-refractivity contribution in [3.05, 3.63) is 132 Å². The third kappa shape index (κ3) is 10.9. The molecule has 2 saturated heterocycles. The molecule has 2 heterocycles. The fraction of sp³-hybridized carbons (Fsp3) is 0.405. The molecular weight excluding hydrogens is 710 g/mol. The van der Waals surface area contributed by atoms with Crippen LogP contribution in [0.3, 0.4) is 0 Å². The molecule has 0 aromatic heterocycles. The van der Waals surface area contributed by atoms with Gasteiger partial charge in [0.2, 0.25) is 12.2 Å². The first-order valence-corrected chi connectivity index (χ1v) is 18.3. The van der Waals surface area contributed by atoms with Gasteiger partial charge >= 0.3 is 0 Å². The number of nitrogens with one attached hydrogen (secondary N) is 1. The fourth-order valence-electron chi connectivity index (χ4n) is 6.57. The lowest BCUT2D eigenvalue weighted by molar-refractivity contribution is -0.324. The Morgan fingerprint density at radius 1 is 0.618 bits per heavy atom. The minimum Gasteiger partial charge on any atom is -0.497 e. The highest BCUT2D eigenvalue weighted by atomic mass is 16.7. The monoisotopic (exact) mass is 759 g/mol. The highest BCUT2D eigenvalue weighted by Gasteiger charge is 2.51. The van der Waals surface area contributed by atoms with Crippen molar-refractivity contribution < 1.29 is 58.0 Å². The van der Waals surface area contributed by atoms with Crippen LogP contribution in [0.2, 0.25) is 0 Å². The molecule has 4 aromatic rings. The van der Waals surface area contributed by atoms with E-state index in [1.807, 2.05) is 91.0 Å². The zero-order chi connectivity index (χ0) is 38.6. The summed E-state index contributed by atoms with van der Waals surface area (Å²) in [6.45, 7) is 1.09. The Hall–Kier alpha value is -4.41. The molecule has 10 atom stereocenters. The molecule has 13 heteroatoms. The lowest BCUT2D eigenvalue weighted by atomic mass is 9.96. The van der Waals surface area contributed by atoms with Gasteiger partial charge in [0, 0.05) is 6.92 Å².